The summed E-state index contributed by atoms with van der Waals surface area (Å²) in [4.78, 5) is 35.0. The largest absolute Gasteiger partial charge is 0.497 e. The van der Waals surface area contributed by atoms with Crippen molar-refractivity contribution in [1.82, 2.24) is 10.2 Å². The number of methoxy groups -OCH3 is 2. The van der Waals surface area contributed by atoms with E-state index in [1.165, 1.54) is 0 Å². The number of esters is 1. The molecule has 34 heavy (non-hydrogen) atoms. The zero-order valence-electron chi connectivity index (χ0n) is 19.7. The molecule has 9 nitrogen and oxygen atoms in total. The lowest BCUT2D eigenvalue weighted by atomic mass is 9.90. The van der Waals surface area contributed by atoms with Gasteiger partial charge in [0, 0.05) is 37.4 Å². The Morgan fingerprint density at radius 1 is 1.00 bits per heavy atom. The van der Waals surface area contributed by atoms with E-state index in [9.17, 15) is 9.59 Å². The van der Waals surface area contributed by atoms with Crippen LogP contribution in [0.5, 0.6) is 11.5 Å². The molecule has 2 atom stereocenters. The highest BCUT2D eigenvalue weighted by Crippen LogP contribution is 2.36. The van der Waals surface area contributed by atoms with E-state index < -0.39 is 23.8 Å². The molecule has 0 aromatic heterocycles. The molecule has 1 amide bonds. The lowest BCUT2D eigenvalue weighted by Crippen LogP contribution is -2.57. The first-order valence-corrected chi connectivity index (χ1v) is 11.4. The molecule has 0 radical (unpaired) electrons. The number of amides is 1. The third-order valence-electron chi connectivity index (χ3n) is 6.11. The highest BCUT2D eigenvalue weighted by Gasteiger charge is 2.43. The van der Waals surface area contributed by atoms with Gasteiger partial charge in [0.25, 0.3) is 0 Å². The highest BCUT2D eigenvalue weighted by atomic mass is 16.5. The van der Waals surface area contributed by atoms with Crippen molar-refractivity contribution in [2.24, 2.45) is 10.9 Å². The number of carbonyl (C=O) groups is 2. The number of para-hydroxylation sites is 1. The lowest BCUT2D eigenvalue weighted by molar-refractivity contribution is -0.153. The zero-order valence-corrected chi connectivity index (χ0v) is 19.7. The molecule has 0 aliphatic carbocycles. The number of carbonyl (C=O) groups excluding carboxylic acids is 2. The number of anilines is 1. The van der Waals surface area contributed by atoms with E-state index in [-0.39, 0.29) is 6.61 Å². The average Bonchev–Trinajstić information content (AvgIpc) is 2.88. The maximum Gasteiger partial charge on any atom is 0.321 e. The minimum absolute atomic E-state index is 0.186. The van der Waals surface area contributed by atoms with E-state index in [4.69, 9.17) is 19.2 Å². The van der Waals surface area contributed by atoms with Gasteiger partial charge in [-0.2, -0.15) is 0 Å². The molecular formula is C25H30N4O5. The molecule has 1 fully saturated rings. The second kappa shape index (κ2) is 10.5. The summed E-state index contributed by atoms with van der Waals surface area (Å²) < 4.78 is 15.9. The molecule has 0 unspecified atom stereocenters. The number of hydrogen-bond donors (Lipinski definition) is 1. The van der Waals surface area contributed by atoms with Crippen molar-refractivity contribution in [3.8, 4) is 11.5 Å². The summed E-state index contributed by atoms with van der Waals surface area (Å²) in [6.45, 7) is 4.78. The summed E-state index contributed by atoms with van der Waals surface area (Å²) in [7, 11) is 3.21. The van der Waals surface area contributed by atoms with Crippen molar-refractivity contribution in [2.75, 3.05) is 51.9 Å². The van der Waals surface area contributed by atoms with Crippen LogP contribution in [0.3, 0.4) is 0 Å². The number of aliphatic imine (C=N–C) groups is 1. The average molecular weight is 467 g/mol. The molecule has 0 saturated carbocycles. The number of rotatable bonds is 6. The van der Waals surface area contributed by atoms with Crippen LogP contribution in [0.2, 0.25) is 0 Å². The predicted molar refractivity (Wildman–Crippen MR) is 128 cm³/mol. The van der Waals surface area contributed by atoms with E-state index in [0.717, 1.165) is 24.5 Å². The second-order valence-corrected chi connectivity index (χ2v) is 8.03. The van der Waals surface area contributed by atoms with Crippen molar-refractivity contribution in [3.05, 3.63) is 54.1 Å². The maximum atomic E-state index is 13.1. The first-order chi connectivity index (χ1) is 16.5. The first-order valence-electron chi connectivity index (χ1n) is 11.4. The minimum Gasteiger partial charge on any atom is -0.497 e. The number of ether oxygens (including phenoxy) is 3. The van der Waals surface area contributed by atoms with Crippen LogP contribution < -0.4 is 19.7 Å². The number of piperazine rings is 1. The fraction of sp³-hybridized carbons (Fsp3) is 0.400. The van der Waals surface area contributed by atoms with Gasteiger partial charge >= 0.3 is 5.97 Å². The number of benzene rings is 2. The van der Waals surface area contributed by atoms with Crippen molar-refractivity contribution in [2.45, 2.75) is 13.0 Å². The van der Waals surface area contributed by atoms with Gasteiger partial charge in [0.2, 0.25) is 11.9 Å². The molecule has 4 rings (SSSR count). The number of nitrogens with one attached hydrogen (secondary N) is 1. The quantitative estimate of drug-likeness (QED) is 0.516. The van der Waals surface area contributed by atoms with Gasteiger partial charge in [-0.05, 0) is 37.3 Å². The molecule has 180 valence electrons. The molecule has 0 bridgehead atoms. The van der Waals surface area contributed by atoms with E-state index >= 15 is 0 Å². The van der Waals surface area contributed by atoms with Crippen LogP contribution in [-0.2, 0) is 14.3 Å². The van der Waals surface area contributed by atoms with Crippen LogP contribution in [-0.4, -0.2) is 69.7 Å². The zero-order chi connectivity index (χ0) is 24.1. The van der Waals surface area contributed by atoms with E-state index in [1.54, 1.807) is 27.2 Å². The Balaban J connectivity index is 1.56. The third kappa shape index (κ3) is 4.78. The Bertz CT molecular complexity index is 1050. The van der Waals surface area contributed by atoms with Crippen LogP contribution >= 0.6 is 0 Å². The van der Waals surface area contributed by atoms with E-state index in [0.29, 0.717) is 30.4 Å². The third-order valence-corrected chi connectivity index (χ3v) is 6.11. The topological polar surface area (TPSA) is 92.7 Å². The molecule has 2 heterocycles. The molecule has 2 aromatic carbocycles. The van der Waals surface area contributed by atoms with Crippen LogP contribution in [0.4, 0.5) is 5.69 Å². The van der Waals surface area contributed by atoms with E-state index in [2.05, 4.69) is 10.2 Å². The predicted octanol–water partition coefficient (Wildman–Crippen LogP) is 2.23. The molecule has 2 aliphatic heterocycles. The van der Waals surface area contributed by atoms with Gasteiger partial charge in [-0.15, -0.1) is 0 Å². The Labute approximate surface area is 199 Å². The number of hydrogen-bond acceptors (Lipinski definition) is 8. The fourth-order valence-electron chi connectivity index (χ4n) is 4.33. The minimum atomic E-state index is -1.08. The Morgan fingerprint density at radius 2 is 1.68 bits per heavy atom. The van der Waals surface area contributed by atoms with Gasteiger partial charge in [0.1, 0.15) is 17.5 Å². The molecular weight excluding hydrogens is 436 g/mol. The normalized spacial score (nSPS) is 20.3. The Hall–Kier alpha value is -3.75. The molecule has 9 heteroatoms. The molecule has 2 aliphatic rings. The van der Waals surface area contributed by atoms with Gasteiger partial charge in [-0.1, -0.05) is 18.2 Å². The molecule has 0 spiro atoms. The molecule has 1 N–H and O–H groups in total. The van der Waals surface area contributed by atoms with Crippen LogP contribution in [0.1, 0.15) is 18.5 Å². The number of guanidine groups is 1. The van der Waals surface area contributed by atoms with Crippen LogP contribution in [0.15, 0.2) is 53.5 Å². The molecule has 1 saturated heterocycles. The van der Waals surface area contributed by atoms with E-state index in [1.807, 2.05) is 47.4 Å². The summed E-state index contributed by atoms with van der Waals surface area (Å²) in [6, 6.07) is 14.5. The summed E-state index contributed by atoms with van der Waals surface area (Å²) in [5.41, 5.74) is 1.79. The highest BCUT2D eigenvalue weighted by molar-refractivity contribution is 6.08. The standard InChI is InChI=1S/C25H30N4O5/c1-4-34-24(31)21-22(19-7-5-6-8-20(19)33-3)26-25(27-23(21)30)29-15-13-28(14-16-29)17-9-11-18(32-2)12-10-17/h5-12,21-22H,4,13-16H2,1-3H3,(H,26,27,30)/t21-,22+/m1/s1. The van der Waals surface area contributed by atoms with Gasteiger partial charge in [-0.3, -0.25) is 14.9 Å². The van der Waals surface area contributed by atoms with Gasteiger partial charge in [-0.25, -0.2) is 4.99 Å². The first kappa shape index (κ1) is 23.4. The van der Waals surface area contributed by atoms with Crippen molar-refractivity contribution < 1.29 is 23.8 Å². The Kier molecular flexibility index (Phi) is 7.20. The SMILES string of the molecule is CCOC(=O)[C@H]1C(=O)NC(N2CCN(c3ccc(OC)cc3)CC2)=N[C@H]1c1ccccc1OC. The van der Waals surface area contributed by atoms with Crippen molar-refractivity contribution in [1.29, 1.82) is 0 Å². The van der Waals surface area contributed by atoms with Gasteiger partial charge in [0.05, 0.1) is 20.8 Å². The summed E-state index contributed by atoms with van der Waals surface area (Å²) >= 11 is 0. The lowest BCUT2D eigenvalue weighted by Gasteiger charge is -2.39. The molecule has 2 aromatic rings. The Morgan fingerprint density at radius 3 is 2.32 bits per heavy atom. The van der Waals surface area contributed by atoms with Gasteiger partial charge < -0.3 is 24.0 Å². The monoisotopic (exact) mass is 466 g/mol. The smallest absolute Gasteiger partial charge is 0.321 e. The summed E-state index contributed by atoms with van der Waals surface area (Å²) in [5.74, 6) is -0.236. The fourth-order valence-corrected chi connectivity index (χ4v) is 4.33. The maximum absolute atomic E-state index is 13.1. The second-order valence-electron chi connectivity index (χ2n) is 8.03. The van der Waals surface area contributed by atoms with Crippen molar-refractivity contribution >= 4 is 23.5 Å². The summed E-state index contributed by atoms with van der Waals surface area (Å²) in [5, 5.41) is 2.84. The van der Waals surface area contributed by atoms with Crippen LogP contribution in [0, 0.1) is 5.92 Å². The number of nitrogens with zero attached hydrogens (tertiary/aromatic N) is 3. The van der Waals surface area contributed by atoms with Gasteiger partial charge in [0.15, 0.2) is 5.92 Å². The summed E-state index contributed by atoms with van der Waals surface area (Å²) in [6.07, 6.45) is 0. The van der Waals surface area contributed by atoms with Crippen LogP contribution in [0.25, 0.3) is 0 Å². The van der Waals surface area contributed by atoms with Crippen molar-refractivity contribution in [3.63, 3.8) is 0 Å².